The van der Waals surface area contributed by atoms with E-state index in [1.807, 2.05) is 0 Å². The third kappa shape index (κ3) is 6.61. The zero-order chi connectivity index (χ0) is 14.8. The number of nitrogens with zero attached hydrogens (tertiary/aromatic N) is 4. The third-order valence-corrected chi connectivity index (χ3v) is 4.72. The molecule has 1 saturated heterocycles. The lowest BCUT2D eigenvalue weighted by Gasteiger charge is -2.33. The summed E-state index contributed by atoms with van der Waals surface area (Å²) in [4.78, 5) is 10.4. The van der Waals surface area contributed by atoms with E-state index in [0.29, 0.717) is 0 Å². The topological polar surface area (TPSA) is 13.0 Å². The predicted octanol–water partition coefficient (Wildman–Crippen LogP) is -1.57. The molecule has 6 heteroatoms. The monoisotopic (exact) mass is 280 g/mol. The third-order valence-electron chi connectivity index (χ3n) is 4.72. The summed E-state index contributed by atoms with van der Waals surface area (Å²) in [5.74, 6) is 0. The average Bonchev–Trinajstić information content (AvgIpc) is 2.48. The summed E-state index contributed by atoms with van der Waals surface area (Å²) >= 11 is 0. The van der Waals surface area contributed by atoms with Gasteiger partial charge < -0.3 is 19.6 Å². The fourth-order valence-corrected chi connectivity index (χ4v) is 2.84. The summed E-state index contributed by atoms with van der Waals surface area (Å²) in [6.07, 6.45) is 2.35. The maximum absolute atomic E-state index is 2.60. The highest BCUT2D eigenvalue weighted by molar-refractivity contribution is 6.08. The van der Waals surface area contributed by atoms with E-state index >= 15 is 0 Å². The van der Waals surface area contributed by atoms with Gasteiger partial charge in [0.1, 0.15) is 15.7 Å². The Morgan fingerprint density at radius 1 is 0.550 bits per heavy atom. The standard InChI is InChI=1S/C14H34B2N4/c1-3-17-5-9-19(13-15)11-7-18(4-2)8-12-20(14-16)10-6-17/h3-16H2,1-2H3. The molecule has 0 atom stereocenters. The minimum absolute atomic E-state index is 1.18. The molecule has 0 amide bonds. The molecule has 1 fully saturated rings. The molecule has 0 aromatic carbocycles. The van der Waals surface area contributed by atoms with Gasteiger partial charge >= 0.3 is 0 Å². The maximum Gasteiger partial charge on any atom is 0.119 e. The molecule has 4 nitrogen and oxygen atoms in total. The van der Waals surface area contributed by atoms with Crippen molar-refractivity contribution in [3.63, 3.8) is 0 Å². The van der Waals surface area contributed by atoms with Crippen LogP contribution in [0, 0.1) is 0 Å². The molecule has 0 radical (unpaired) electrons. The summed E-state index contributed by atoms with van der Waals surface area (Å²) in [6, 6.07) is 0. The molecule has 1 aliphatic heterocycles. The fraction of sp³-hybridized carbons (Fsp3) is 1.00. The first-order chi connectivity index (χ1) is 9.73. The lowest BCUT2D eigenvalue weighted by Crippen LogP contribution is -2.46. The summed E-state index contributed by atoms with van der Waals surface area (Å²) in [5, 5.41) is 0. The quantitative estimate of drug-likeness (QED) is 0.577. The van der Waals surface area contributed by atoms with Crippen LogP contribution in [0.4, 0.5) is 0 Å². The molecule has 1 heterocycles. The zero-order valence-electron chi connectivity index (χ0n) is 14.3. The van der Waals surface area contributed by atoms with Crippen LogP contribution in [0.25, 0.3) is 0 Å². The van der Waals surface area contributed by atoms with E-state index < -0.39 is 0 Å². The van der Waals surface area contributed by atoms with Crippen LogP contribution in [0.2, 0.25) is 0 Å². The van der Waals surface area contributed by atoms with Crippen LogP contribution >= 0.6 is 0 Å². The lowest BCUT2D eigenvalue weighted by molar-refractivity contribution is 0.154. The molecule has 1 aliphatic rings. The average molecular weight is 280 g/mol. The van der Waals surface area contributed by atoms with Crippen molar-refractivity contribution in [2.75, 3.05) is 78.3 Å². The normalized spacial score (nSPS) is 23.3. The molecule has 20 heavy (non-hydrogen) atoms. The van der Waals surface area contributed by atoms with Crippen molar-refractivity contribution < 1.29 is 0 Å². The molecule has 1 rings (SSSR count). The second kappa shape index (κ2) is 10.7. The van der Waals surface area contributed by atoms with Gasteiger partial charge in [-0.1, -0.05) is 13.8 Å². The first-order valence-electron chi connectivity index (χ1n) is 8.62. The fourth-order valence-electron chi connectivity index (χ4n) is 2.84. The molecule has 0 N–H and O–H groups in total. The highest BCUT2D eigenvalue weighted by atomic mass is 15.3. The van der Waals surface area contributed by atoms with Crippen molar-refractivity contribution in [2.24, 2.45) is 0 Å². The Morgan fingerprint density at radius 2 is 0.800 bits per heavy atom. The Hall–Kier alpha value is -0.0301. The molecule has 0 unspecified atom stereocenters. The highest BCUT2D eigenvalue weighted by Crippen LogP contribution is 1.99. The number of hydrogen-bond donors (Lipinski definition) is 0. The van der Waals surface area contributed by atoms with E-state index in [-0.39, 0.29) is 0 Å². The molecule has 0 saturated carbocycles. The number of rotatable bonds is 4. The molecule has 116 valence electrons. The van der Waals surface area contributed by atoms with Gasteiger partial charge in [0.25, 0.3) is 0 Å². The Morgan fingerprint density at radius 3 is 1.00 bits per heavy atom. The summed E-state index contributed by atoms with van der Waals surface area (Å²) in [6.45, 7) is 16.7. The molecular formula is C14H34B2N4. The molecule has 0 spiro atoms. The summed E-state index contributed by atoms with van der Waals surface area (Å²) in [5.41, 5.74) is 0. The van der Waals surface area contributed by atoms with Crippen molar-refractivity contribution in [2.45, 2.75) is 13.8 Å². The van der Waals surface area contributed by atoms with Crippen molar-refractivity contribution in [1.29, 1.82) is 0 Å². The largest absolute Gasteiger partial charge is 0.309 e. The Labute approximate surface area is 128 Å². The van der Waals surface area contributed by atoms with Crippen LogP contribution in [0.15, 0.2) is 0 Å². The van der Waals surface area contributed by atoms with E-state index in [2.05, 4.69) is 49.1 Å². The number of hydrogen-bond acceptors (Lipinski definition) is 4. The minimum atomic E-state index is 1.18. The van der Waals surface area contributed by atoms with E-state index in [0.717, 1.165) is 0 Å². The predicted molar refractivity (Wildman–Crippen MR) is 94.2 cm³/mol. The lowest BCUT2D eigenvalue weighted by atomic mass is 10.1. The van der Waals surface area contributed by atoms with E-state index in [9.17, 15) is 0 Å². The second-order valence-corrected chi connectivity index (χ2v) is 5.74. The van der Waals surface area contributed by atoms with E-state index in [1.54, 1.807) is 0 Å². The van der Waals surface area contributed by atoms with E-state index in [1.165, 1.54) is 78.3 Å². The van der Waals surface area contributed by atoms with Gasteiger partial charge in [-0.15, -0.1) is 0 Å². The van der Waals surface area contributed by atoms with Gasteiger partial charge in [0, 0.05) is 52.4 Å². The van der Waals surface area contributed by atoms with Crippen LogP contribution in [0.3, 0.4) is 0 Å². The van der Waals surface area contributed by atoms with Crippen molar-refractivity contribution in [3.05, 3.63) is 0 Å². The first-order valence-corrected chi connectivity index (χ1v) is 8.62. The van der Waals surface area contributed by atoms with Crippen LogP contribution < -0.4 is 0 Å². The maximum atomic E-state index is 2.60. The van der Waals surface area contributed by atoms with Crippen LogP contribution in [-0.4, -0.2) is 114 Å². The molecule has 0 aromatic rings. The SMILES string of the molecule is BCN1CCN(CC)CCN(CB)CCN(CC)CC1. The number of likely N-dealkylation sites (N-methyl/N-ethyl adjacent to an activating group) is 2. The first kappa shape index (κ1) is 18.0. The van der Waals surface area contributed by atoms with Crippen molar-refractivity contribution >= 4 is 15.7 Å². The van der Waals surface area contributed by atoms with Gasteiger partial charge in [0.15, 0.2) is 0 Å². The van der Waals surface area contributed by atoms with Gasteiger partial charge in [-0.05, 0) is 26.0 Å². The Kier molecular flexibility index (Phi) is 9.61. The minimum Gasteiger partial charge on any atom is -0.309 e. The van der Waals surface area contributed by atoms with Gasteiger partial charge in [-0.3, -0.25) is 0 Å². The van der Waals surface area contributed by atoms with Gasteiger partial charge in [0.05, 0.1) is 0 Å². The molecule has 0 aromatic heterocycles. The van der Waals surface area contributed by atoms with Crippen LogP contribution in [-0.2, 0) is 0 Å². The smallest absolute Gasteiger partial charge is 0.119 e. The van der Waals surface area contributed by atoms with E-state index in [4.69, 9.17) is 0 Å². The van der Waals surface area contributed by atoms with Crippen LogP contribution in [0.5, 0.6) is 0 Å². The van der Waals surface area contributed by atoms with Crippen LogP contribution in [0.1, 0.15) is 13.8 Å². The molecule has 0 bridgehead atoms. The highest BCUT2D eigenvalue weighted by Gasteiger charge is 2.13. The van der Waals surface area contributed by atoms with Gasteiger partial charge in [-0.25, -0.2) is 0 Å². The summed E-state index contributed by atoms with van der Waals surface area (Å²) < 4.78 is 0. The van der Waals surface area contributed by atoms with Crippen molar-refractivity contribution in [1.82, 2.24) is 19.6 Å². The molecular weight excluding hydrogens is 246 g/mol. The van der Waals surface area contributed by atoms with Gasteiger partial charge in [-0.2, -0.15) is 0 Å². The second-order valence-electron chi connectivity index (χ2n) is 5.74. The Bertz CT molecular complexity index is 179. The van der Waals surface area contributed by atoms with Gasteiger partial charge in [0.2, 0.25) is 0 Å². The van der Waals surface area contributed by atoms with Crippen molar-refractivity contribution in [3.8, 4) is 0 Å². The Balaban J connectivity index is 2.58. The summed E-state index contributed by atoms with van der Waals surface area (Å²) in [7, 11) is 4.58. The molecule has 0 aliphatic carbocycles. The zero-order valence-corrected chi connectivity index (χ0v) is 14.3.